The summed E-state index contributed by atoms with van der Waals surface area (Å²) >= 11 is 3.48. The van der Waals surface area contributed by atoms with Crippen molar-refractivity contribution < 1.29 is 23.7 Å². The number of cyclic esters (lactones) is 1. The molecule has 6 heteroatoms. The van der Waals surface area contributed by atoms with E-state index in [0.717, 1.165) is 16.9 Å². The van der Waals surface area contributed by atoms with E-state index in [1.165, 1.54) is 0 Å². The minimum Gasteiger partial charge on any atom is -0.497 e. The summed E-state index contributed by atoms with van der Waals surface area (Å²) in [6.07, 6.45) is 5.11. The standard InChI is InChI=1S/C22H19BrO5/c1-4-9-27-21-18(23)11-14(12-20(21)26-3)10-16-13-19(28-22(16)24)15-5-7-17(25-2)8-6-15/h4-8,10-13H,1,9H2,2-3H3. The Morgan fingerprint density at radius 2 is 1.89 bits per heavy atom. The molecule has 0 atom stereocenters. The molecule has 0 bridgehead atoms. The first kappa shape index (κ1) is 19.8. The van der Waals surface area contributed by atoms with Crippen molar-refractivity contribution >= 4 is 33.7 Å². The predicted molar refractivity (Wildman–Crippen MR) is 111 cm³/mol. The molecule has 0 aromatic heterocycles. The Balaban J connectivity index is 1.91. The quantitative estimate of drug-likeness (QED) is 0.342. The Hall–Kier alpha value is -2.99. The molecule has 1 aliphatic heterocycles. The summed E-state index contributed by atoms with van der Waals surface area (Å²) in [5.41, 5.74) is 2.01. The molecule has 5 nitrogen and oxygen atoms in total. The maximum Gasteiger partial charge on any atom is 0.343 e. The third kappa shape index (κ3) is 4.28. The smallest absolute Gasteiger partial charge is 0.343 e. The highest BCUT2D eigenvalue weighted by Gasteiger charge is 2.22. The van der Waals surface area contributed by atoms with Gasteiger partial charge < -0.3 is 18.9 Å². The van der Waals surface area contributed by atoms with Crippen LogP contribution in [-0.2, 0) is 9.53 Å². The second kappa shape index (κ2) is 8.80. The molecule has 2 aromatic carbocycles. The molecule has 0 N–H and O–H groups in total. The number of esters is 1. The molecular formula is C22H19BrO5. The van der Waals surface area contributed by atoms with Crippen LogP contribution >= 0.6 is 15.9 Å². The molecule has 0 fully saturated rings. The average Bonchev–Trinajstić information content (AvgIpc) is 3.07. The van der Waals surface area contributed by atoms with E-state index in [9.17, 15) is 4.79 Å². The zero-order chi connectivity index (χ0) is 20.1. The SMILES string of the molecule is C=CCOc1c(Br)cc(C=C2C=C(c3ccc(OC)cc3)OC2=O)cc1OC. The first-order valence-corrected chi connectivity index (χ1v) is 9.26. The number of methoxy groups -OCH3 is 2. The van der Waals surface area contributed by atoms with Crippen molar-refractivity contribution in [2.45, 2.75) is 0 Å². The fourth-order valence-electron chi connectivity index (χ4n) is 2.67. The summed E-state index contributed by atoms with van der Waals surface area (Å²) in [7, 11) is 3.16. The number of halogens is 1. The van der Waals surface area contributed by atoms with Crippen LogP contribution in [0.1, 0.15) is 11.1 Å². The topological polar surface area (TPSA) is 54.0 Å². The van der Waals surface area contributed by atoms with Crippen LogP contribution < -0.4 is 14.2 Å². The van der Waals surface area contributed by atoms with Gasteiger partial charge in [-0.2, -0.15) is 0 Å². The molecule has 1 heterocycles. The highest BCUT2D eigenvalue weighted by Crippen LogP contribution is 2.38. The van der Waals surface area contributed by atoms with Crippen molar-refractivity contribution in [1.29, 1.82) is 0 Å². The van der Waals surface area contributed by atoms with E-state index >= 15 is 0 Å². The van der Waals surface area contributed by atoms with Gasteiger partial charge in [0.2, 0.25) is 0 Å². The molecule has 0 spiro atoms. The highest BCUT2D eigenvalue weighted by molar-refractivity contribution is 9.10. The van der Waals surface area contributed by atoms with Crippen LogP contribution in [-0.4, -0.2) is 26.8 Å². The minimum absolute atomic E-state index is 0.357. The van der Waals surface area contributed by atoms with Crippen LogP contribution in [0.25, 0.3) is 11.8 Å². The molecular weight excluding hydrogens is 424 g/mol. The Labute approximate surface area is 172 Å². The van der Waals surface area contributed by atoms with Gasteiger partial charge in [-0.05, 0) is 70.0 Å². The van der Waals surface area contributed by atoms with Gasteiger partial charge in [0.25, 0.3) is 0 Å². The van der Waals surface area contributed by atoms with Crippen LogP contribution in [0.2, 0.25) is 0 Å². The van der Waals surface area contributed by atoms with Gasteiger partial charge in [-0.3, -0.25) is 0 Å². The Morgan fingerprint density at radius 3 is 2.54 bits per heavy atom. The van der Waals surface area contributed by atoms with E-state index in [-0.39, 0.29) is 0 Å². The number of rotatable bonds is 7. The Morgan fingerprint density at radius 1 is 1.14 bits per heavy atom. The van der Waals surface area contributed by atoms with Crippen LogP contribution in [0.4, 0.5) is 0 Å². The van der Waals surface area contributed by atoms with E-state index in [1.54, 1.807) is 38.5 Å². The monoisotopic (exact) mass is 442 g/mol. The minimum atomic E-state index is -0.409. The molecule has 0 unspecified atom stereocenters. The highest BCUT2D eigenvalue weighted by atomic mass is 79.9. The molecule has 0 amide bonds. The maximum atomic E-state index is 12.3. The average molecular weight is 443 g/mol. The second-order valence-electron chi connectivity index (χ2n) is 5.86. The van der Waals surface area contributed by atoms with Gasteiger partial charge in [0.05, 0.1) is 24.3 Å². The van der Waals surface area contributed by atoms with Crippen molar-refractivity contribution in [3.8, 4) is 17.2 Å². The van der Waals surface area contributed by atoms with Crippen molar-refractivity contribution in [3.05, 3.63) is 76.3 Å². The summed E-state index contributed by atoms with van der Waals surface area (Å²) in [6.45, 7) is 4.00. The summed E-state index contributed by atoms with van der Waals surface area (Å²) < 4.78 is 22.3. The fraction of sp³-hybridized carbons (Fsp3) is 0.136. The predicted octanol–water partition coefficient (Wildman–Crippen LogP) is 5.01. The third-order valence-corrected chi connectivity index (χ3v) is 4.61. The van der Waals surface area contributed by atoms with Crippen molar-refractivity contribution in [3.63, 3.8) is 0 Å². The molecule has 1 aliphatic rings. The summed E-state index contributed by atoms with van der Waals surface area (Å²) in [5.74, 6) is 1.95. The number of hydrogen-bond donors (Lipinski definition) is 0. The first-order valence-electron chi connectivity index (χ1n) is 8.47. The second-order valence-corrected chi connectivity index (χ2v) is 6.71. The van der Waals surface area contributed by atoms with Crippen LogP contribution in [0.5, 0.6) is 17.2 Å². The molecule has 28 heavy (non-hydrogen) atoms. The van der Waals surface area contributed by atoms with Crippen molar-refractivity contribution in [2.75, 3.05) is 20.8 Å². The van der Waals surface area contributed by atoms with Gasteiger partial charge in [0.15, 0.2) is 11.5 Å². The summed E-state index contributed by atoms with van der Waals surface area (Å²) in [5, 5.41) is 0. The fourth-order valence-corrected chi connectivity index (χ4v) is 3.25. The van der Waals surface area contributed by atoms with Crippen molar-refractivity contribution in [1.82, 2.24) is 0 Å². The van der Waals surface area contributed by atoms with Gasteiger partial charge in [-0.15, -0.1) is 0 Å². The van der Waals surface area contributed by atoms with E-state index < -0.39 is 5.97 Å². The Kier molecular flexibility index (Phi) is 6.21. The number of carbonyl (C=O) groups is 1. The van der Waals surface area contributed by atoms with Gasteiger partial charge in [0, 0.05) is 5.56 Å². The van der Waals surface area contributed by atoms with Crippen LogP contribution in [0, 0.1) is 0 Å². The lowest BCUT2D eigenvalue weighted by molar-refractivity contribution is -0.130. The number of ether oxygens (including phenoxy) is 4. The number of hydrogen-bond acceptors (Lipinski definition) is 5. The van der Waals surface area contributed by atoms with Gasteiger partial charge >= 0.3 is 5.97 Å². The van der Waals surface area contributed by atoms with Gasteiger partial charge in [-0.25, -0.2) is 4.79 Å². The Bertz CT molecular complexity index is 958. The number of carbonyl (C=O) groups excluding carboxylic acids is 1. The van der Waals surface area contributed by atoms with E-state index in [4.69, 9.17) is 18.9 Å². The lowest BCUT2D eigenvalue weighted by Gasteiger charge is -2.12. The molecule has 3 rings (SSSR count). The zero-order valence-electron chi connectivity index (χ0n) is 15.5. The largest absolute Gasteiger partial charge is 0.497 e. The van der Waals surface area contributed by atoms with E-state index in [1.807, 2.05) is 30.3 Å². The summed E-state index contributed by atoms with van der Waals surface area (Å²) in [4.78, 5) is 12.3. The molecule has 2 aromatic rings. The maximum absolute atomic E-state index is 12.3. The molecule has 0 saturated heterocycles. The van der Waals surface area contributed by atoms with Crippen molar-refractivity contribution in [2.24, 2.45) is 0 Å². The summed E-state index contributed by atoms with van der Waals surface area (Å²) in [6, 6.07) is 11.0. The van der Waals surface area contributed by atoms with Crippen LogP contribution in [0.3, 0.4) is 0 Å². The normalized spacial score (nSPS) is 14.5. The molecule has 0 aliphatic carbocycles. The third-order valence-electron chi connectivity index (χ3n) is 4.02. The molecule has 0 saturated carbocycles. The molecule has 0 radical (unpaired) electrons. The van der Waals surface area contributed by atoms with Crippen LogP contribution in [0.15, 0.2) is 65.2 Å². The first-order chi connectivity index (χ1) is 13.5. The number of benzene rings is 2. The van der Waals surface area contributed by atoms with Gasteiger partial charge in [0.1, 0.15) is 18.1 Å². The molecule has 144 valence electrons. The zero-order valence-corrected chi connectivity index (χ0v) is 17.1. The van der Waals surface area contributed by atoms with Gasteiger partial charge in [-0.1, -0.05) is 12.7 Å². The lowest BCUT2D eigenvalue weighted by atomic mass is 10.1. The van der Waals surface area contributed by atoms with E-state index in [2.05, 4.69) is 22.5 Å². The van der Waals surface area contributed by atoms with E-state index in [0.29, 0.717) is 33.9 Å². The lowest BCUT2D eigenvalue weighted by Crippen LogP contribution is -1.99.